The Labute approximate surface area is 158 Å². The third-order valence-corrected chi connectivity index (χ3v) is 4.97. The van der Waals surface area contributed by atoms with Crippen molar-refractivity contribution in [1.29, 1.82) is 0 Å². The summed E-state index contributed by atoms with van der Waals surface area (Å²) in [6.07, 6.45) is -0.00298. The summed E-state index contributed by atoms with van der Waals surface area (Å²) in [5.41, 5.74) is 6.33. The summed E-state index contributed by atoms with van der Waals surface area (Å²) in [5.74, 6) is -0.941. The van der Waals surface area contributed by atoms with Gasteiger partial charge in [0.2, 0.25) is 11.8 Å². The van der Waals surface area contributed by atoms with Crippen LogP contribution in [0.2, 0.25) is 0 Å². The number of thiocarbonyl (C=S) groups is 1. The molecule has 6 nitrogen and oxygen atoms in total. The van der Waals surface area contributed by atoms with E-state index in [9.17, 15) is 14.0 Å². The molecule has 0 unspecified atom stereocenters. The van der Waals surface area contributed by atoms with E-state index in [0.717, 1.165) is 10.6 Å². The van der Waals surface area contributed by atoms with E-state index in [1.807, 2.05) is 24.3 Å². The molecule has 1 atom stereocenters. The van der Waals surface area contributed by atoms with Gasteiger partial charge in [0.15, 0.2) is 5.11 Å². The van der Waals surface area contributed by atoms with E-state index in [2.05, 4.69) is 21.5 Å². The molecule has 0 saturated carbocycles. The molecule has 9 heteroatoms. The van der Waals surface area contributed by atoms with Crippen molar-refractivity contribution in [2.24, 2.45) is 0 Å². The SMILES string of the molecule is O=C(C[C@@H]1Sc2ccccc2NC1=O)NNC(=S)Nc1ccc(F)cc1. The predicted molar refractivity (Wildman–Crippen MR) is 103 cm³/mol. The summed E-state index contributed by atoms with van der Waals surface area (Å²) in [7, 11) is 0. The molecular weight excluding hydrogens is 375 g/mol. The van der Waals surface area contributed by atoms with Gasteiger partial charge in [-0.1, -0.05) is 12.1 Å². The zero-order valence-electron chi connectivity index (χ0n) is 13.4. The molecule has 0 saturated heterocycles. The van der Waals surface area contributed by atoms with Gasteiger partial charge in [-0.15, -0.1) is 11.8 Å². The van der Waals surface area contributed by atoms with E-state index in [0.29, 0.717) is 5.69 Å². The molecule has 1 heterocycles. The molecule has 0 radical (unpaired) electrons. The average Bonchev–Trinajstić information content (AvgIpc) is 2.62. The number of nitrogens with one attached hydrogen (secondary N) is 4. The molecule has 2 amide bonds. The number of halogens is 1. The van der Waals surface area contributed by atoms with Crippen molar-refractivity contribution >= 4 is 52.3 Å². The first kappa shape index (κ1) is 18.2. The zero-order chi connectivity index (χ0) is 18.5. The van der Waals surface area contributed by atoms with E-state index < -0.39 is 5.25 Å². The molecule has 1 aliphatic heterocycles. The van der Waals surface area contributed by atoms with Crippen LogP contribution < -0.4 is 21.5 Å². The second kappa shape index (κ2) is 8.15. The number of benzene rings is 2. The molecule has 2 aromatic carbocycles. The monoisotopic (exact) mass is 390 g/mol. The van der Waals surface area contributed by atoms with Crippen LogP contribution in [0.15, 0.2) is 53.4 Å². The number of anilines is 2. The summed E-state index contributed by atoms with van der Waals surface area (Å²) in [4.78, 5) is 25.1. The Balaban J connectivity index is 1.47. The lowest BCUT2D eigenvalue weighted by molar-refractivity contribution is -0.124. The van der Waals surface area contributed by atoms with Gasteiger partial charge in [-0.2, -0.15) is 0 Å². The van der Waals surface area contributed by atoms with Crippen molar-refractivity contribution in [2.45, 2.75) is 16.6 Å². The average molecular weight is 390 g/mol. The van der Waals surface area contributed by atoms with Gasteiger partial charge in [0.25, 0.3) is 0 Å². The number of carbonyl (C=O) groups excluding carboxylic acids is 2. The second-order valence-corrected chi connectivity index (χ2v) is 7.08. The van der Waals surface area contributed by atoms with Crippen LogP contribution in [-0.2, 0) is 9.59 Å². The Bertz CT molecular complexity index is 845. The fraction of sp³-hybridized carbons (Fsp3) is 0.118. The normalized spacial score (nSPS) is 15.4. The molecule has 0 spiro atoms. The number of carbonyl (C=O) groups is 2. The van der Waals surface area contributed by atoms with E-state index in [1.54, 1.807) is 0 Å². The quantitative estimate of drug-likeness (QED) is 0.477. The highest BCUT2D eigenvalue weighted by atomic mass is 32.2. The summed E-state index contributed by atoms with van der Waals surface area (Å²) < 4.78 is 12.9. The highest BCUT2D eigenvalue weighted by molar-refractivity contribution is 8.01. The number of para-hydroxylation sites is 1. The number of hydrogen-bond donors (Lipinski definition) is 4. The molecule has 0 aliphatic carbocycles. The van der Waals surface area contributed by atoms with Gasteiger partial charge in [-0.3, -0.25) is 20.4 Å². The van der Waals surface area contributed by atoms with Gasteiger partial charge in [0, 0.05) is 17.0 Å². The first-order valence-corrected chi connectivity index (χ1v) is 8.98. The molecule has 3 rings (SSSR count). The van der Waals surface area contributed by atoms with E-state index in [-0.39, 0.29) is 29.2 Å². The van der Waals surface area contributed by atoms with Crippen LogP contribution in [0.25, 0.3) is 0 Å². The Kier molecular flexibility index (Phi) is 5.69. The molecule has 0 aromatic heterocycles. The van der Waals surface area contributed by atoms with Crippen LogP contribution in [0.4, 0.5) is 15.8 Å². The number of amides is 2. The summed E-state index contributed by atoms with van der Waals surface area (Å²) >= 11 is 6.40. The second-order valence-electron chi connectivity index (χ2n) is 5.43. The molecule has 134 valence electrons. The maximum Gasteiger partial charge on any atom is 0.240 e. The van der Waals surface area contributed by atoms with Crippen LogP contribution in [-0.4, -0.2) is 22.2 Å². The van der Waals surface area contributed by atoms with Crippen LogP contribution in [0.1, 0.15) is 6.42 Å². The van der Waals surface area contributed by atoms with Gasteiger partial charge >= 0.3 is 0 Å². The van der Waals surface area contributed by atoms with Crippen LogP contribution in [0.3, 0.4) is 0 Å². The Morgan fingerprint density at radius 1 is 1.15 bits per heavy atom. The smallest absolute Gasteiger partial charge is 0.240 e. The van der Waals surface area contributed by atoms with Crippen molar-refractivity contribution in [3.8, 4) is 0 Å². The number of hydrogen-bond acceptors (Lipinski definition) is 4. The lowest BCUT2D eigenvalue weighted by atomic mass is 10.2. The summed E-state index contributed by atoms with van der Waals surface area (Å²) in [5, 5.41) is 5.22. The molecular formula is C17H15FN4O2S2. The molecule has 1 aliphatic rings. The van der Waals surface area contributed by atoms with Crippen molar-refractivity contribution in [3.63, 3.8) is 0 Å². The standard InChI is InChI=1S/C17H15FN4O2S2/c18-10-5-7-11(8-6-10)19-17(25)22-21-15(23)9-14-16(24)20-12-3-1-2-4-13(12)26-14/h1-8,14H,9H2,(H,20,24)(H,21,23)(H2,19,22,25)/t14-/m0/s1. The minimum absolute atomic E-state index is 0.00298. The topological polar surface area (TPSA) is 82.3 Å². The van der Waals surface area contributed by atoms with Gasteiger partial charge in [-0.25, -0.2) is 4.39 Å². The van der Waals surface area contributed by atoms with Gasteiger partial charge in [0.1, 0.15) is 5.82 Å². The lowest BCUT2D eigenvalue weighted by Crippen LogP contribution is -2.45. The highest BCUT2D eigenvalue weighted by Gasteiger charge is 2.28. The summed E-state index contributed by atoms with van der Waals surface area (Å²) in [6, 6.07) is 13.0. The Morgan fingerprint density at radius 3 is 2.65 bits per heavy atom. The maximum atomic E-state index is 12.9. The van der Waals surface area contributed by atoms with Gasteiger partial charge in [0.05, 0.1) is 10.9 Å². The third kappa shape index (κ3) is 4.70. The first-order chi connectivity index (χ1) is 12.5. The Hall–Kier alpha value is -2.65. The van der Waals surface area contributed by atoms with Crippen molar-refractivity contribution in [3.05, 3.63) is 54.3 Å². The number of fused-ring (bicyclic) bond motifs is 1. The molecule has 4 N–H and O–H groups in total. The van der Waals surface area contributed by atoms with Crippen molar-refractivity contribution in [1.82, 2.24) is 10.9 Å². The molecule has 2 aromatic rings. The van der Waals surface area contributed by atoms with E-state index in [4.69, 9.17) is 12.2 Å². The molecule has 26 heavy (non-hydrogen) atoms. The Morgan fingerprint density at radius 2 is 1.88 bits per heavy atom. The van der Waals surface area contributed by atoms with E-state index >= 15 is 0 Å². The first-order valence-electron chi connectivity index (χ1n) is 7.69. The number of rotatable bonds is 3. The largest absolute Gasteiger partial charge is 0.331 e. The highest BCUT2D eigenvalue weighted by Crippen LogP contribution is 2.36. The lowest BCUT2D eigenvalue weighted by Gasteiger charge is -2.23. The third-order valence-electron chi connectivity index (χ3n) is 3.49. The summed E-state index contributed by atoms with van der Waals surface area (Å²) in [6.45, 7) is 0. The molecule has 0 fully saturated rings. The van der Waals surface area contributed by atoms with Gasteiger partial charge < -0.3 is 10.6 Å². The minimum atomic E-state index is -0.523. The fourth-order valence-electron chi connectivity index (χ4n) is 2.27. The minimum Gasteiger partial charge on any atom is -0.331 e. The fourth-order valence-corrected chi connectivity index (χ4v) is 3.55. The zero-order valence-corrected chi connectivity index (χ0v) is 15.0. The van der Waals surface area contributed by atoms with Crippen LogP contribution in [0, 0.1) is 5.82 Å². The van der Waals surface area contributed by atoms with E-state index in [1.165, 1.54) is 36.0 Å². The van der Waals surface area contributed by atoms with Gasteiger partial charge in [-0.05, 0) is 48.6 Å². The van der Waals surface area contributed by atoms with Crippen LogP contribution in [0.5, 0.6) is 0 Å². The number of thioether (sulfide) groups is 1. The van der Waals surface area contributed by atoms with Crippen molar-refractivity contribution in [2.75, 3.05) is 10.6 Å². The van der Waals surface area contributed by atoms with Crippen LogP contribution >= 0.6 is 24.0 Å². The maximum absolute atomic E-state index is 12.9. The van der Waals surface area contributed by atoms with Crippen molar-refractivity contribution < 1.29 is 14.0 Å². The number of hydrazine groups is 1. The molecule has 0 bridgehead atoms. The predicted octanol–water partition coefficient (Wildman–Crippen LogP) is 2.65.